The van der Waals surface area contributed by atoms with Gasteiger partial charge < -0.3 is 0 Å². The quantitative estimate of drug-likeness (QED) is 0.727. The van der Waals surface area contributed by atoms with E-state index in [1.54, 1.807) is 0 Å². The second-order valence-corrected chi connectivity index (χ2v) is 9.86. The van der Waals surface area contributed by atoms with Crippen molar-refractivity contribution < 1.29 is 0 Å². The van der Waals surface area contributed by atoms with E-state index in [9.17, 15) is 0 Å². The smallest absolute Gasteiger partial charge is 0.0537 e. The van der Waals surface area contributed by atoms with Gasteiger partial charge in [0.05, 0.1) is 6.20 Å². The zero-order chi connectivity index (χ0) is 20.6. The third kappa shape index (κ3) is 3.60. The molecule has 5 heteroatoms. The minimum absolute atomic E-state index is 0.530. The van der Waals surface area contributed by atoms with Crippen LogP contribution in [0.1, 0.15) is 74.7 Å². The molecule has 1 atom stereocenters. The van der Waals surface area contributed by atoms with E-state index in [4.69, 9.17) is 0 Å². The van der Waals surface area contributed by atoms with Crippen molar-refractivity contribution in [2.75, 3.05) is 19.6 Å². The molecule has 2 aromatic heterocycles. The van der Waals surface area contributed by atoms with Gasteiger partial charge in [-0.05, 0) is 70.3 Å². The van der Waals surface area contributed by atoms with Crippen LogP contribution in [0.5, 0.6) is 0 Å². The third-order valence-electron chi connectivity index (χ3n) is 8.20. The van der Waals surface area contributed by atoms with Gasteiger partial charge in [0.15, 0.2) is 0 Å². The minimum Gasteiger partial charge on any atom is -0.299 e. The molecule has 5 nitrogen and oxygen atoms in total. The molecule has 0 bridgehead atoms. The summed E-state index contributed by atoms with van der Waals surface area (Å²) in [6, 6.07) is 5.89. The van der Waals surface area contributed by atoms with Crippen molar-refractivity contribution in [2.24, 2.45) is 5.41 Å². The first kappa shape index (κ1) is 20.2. The Labute approximate surface area is 181 Å². The van der Waals surface area contributed by atoms with Gasteiger partial charge >= 0.3 is 0 Å². The van der Waals surface area contributed by atoms with E-state index in [0.29, 0.717) is 11.5 Å². The van der Waals surface area contributed by atoms with Gasteiger partial charge in [0.1, 0.15) is 0 Å². The molecule has 1 spiro atoms. The number of hydrogen-bond donors (Lipinski definition) is 0. The number of hydrogen-bond acceptors (Lipinski definition) is 4. The van der Waals surface area contributed by atoms with E-state index in [1.165, 1.54) is 81.4 Å². The van der Waals surface area contributed by atoms with Crippen LogP contribution in [0.3, 0.4) is 0 Å². The van der Waals surface area contributed by atoms with Crippen molar-refractivity contribution in [3.05, 3.63) is 47.5 Å². The second-order valence-electron chi connectivity index (χ2n) is 9.86. The Morgan fingerprint density at radius 1 is 1.07 bits per heavy atom. The molecule has 0 radical (unpaired) electrons. The highest BCUT2D eigenvalue weighted by Crippen LogP contribution is 2.58. The Morgan fingerprint density at radius 2 is 1.80 bits per heavy atom. The summed E-state index contributed by atoms with van der Waals surface area (Å²) in [4.78, 5) is 9.79. The molecule has 1 saturated carbocycles. The highest BCUT2D eigenvalue weighted by molar-refractivity contribution is 5.25. The van der Waals surface area contributed by atoms with Gasteiger partial charge in [0.2, 0.25) is 0 Å². The topological polar surface area (TPSA) is 37.2 Å². The lowest BCUT2D eigenvalue weighted by atomic mass is 9.60. The lowest BCUT2D eigenvalue weighted by molar-refractivity contribution is -0.133. The third-order valence-corrected chi connectivity index (χ3v) is 8.20. The predicted octanol–water partition coefficient (Wildman–Crippen LogP) is 4.58. The van der Waals surface area contributed by atoms with Crippen LogP contribution in [-0.2, 0) is 13.1 Å². The van der Waals surface area contributed by atoms with Crippen molar-refractivity contribution >= 4 is 0 Å². The molecular weight excluding hydrogens is 370 g/mol. The summed E-state index contributed by atoms with van der Waals surface area (Å²) < 4.78 is 2.12. The fourth-order valence-electron chi connectivity index (χ4n) is 6.51. The molecule has 5 rings (SSSR count). The predicted molar refractivity (Wildman–Crippen MR) is 120 cm³/mol. The van der Waals surface area contributed by atoms with Crippen molar-refractivity contribution in [3.8, 4) is 0 Å². The number of aromatic nitrogens is 3. The molecule has 1 unspecified atom stereocenters. The molecule has 2 aromatic rings. The van der Waals surface area contributed by atoms with E-state index in [-0.39, 0.29) is 0 Å². The molecule has 1 aliphatic carbocycles. The van der Waals surface area contributed by atoms with Crippen LogP contribution in [-0.4, -0.2) is 50.2 Å². The van der Waals surface area contributed by atoms with Crippen LogP contribution in [0.4, 0.5) is 0 Å². The fourth-order valence-corrected chi connectivity index (χ4v) is 6.51. The number of aryl methyl sites for hydroxylation is 1. The molecule has 3 fully saturated rings. The highest BCUT2D eigenvalue weighted by atomic mass is 15.3. The molecule has 0 N–H and O–H groups in total. The van der Waals surface area contributed by atoms with Crippen molar-refractivity contribution in [3.63, 3.8) is 0 Å². The van der Waals surface area contributed by atoms with Crippen LogP contribution in [0.2, 0.25) is 0 Å². The van der Waals surface area contributed by atoms with Gasteiger partial charge in [0, 0.05) is 60.8 Å². The summed E-state index contributed by atoms with van der Waals surface area (Å²) in [5, 5.41) is 4.53. The summed E-state index contributed by atoms with van der Waals surface area (Å²) in [7, 11) is 0. The van der Waals surface area contributed by atoms with Crippen LogP contribution in [0.25, 0.3) is 0 Å². The maximum atomic E-state index is 4.53. The lowest BCUT2D eigenvalue weighted by Gasteiger charge is -2.63. The average Bonchev–Trinajstić information content (AvgIpc) is 3.13. The van der Waals surface area contributed by atoms with E-state index in [0.717, 1.165) is 19.1 Å². The van der Waals surface area contributed by atoms with Gasteiger partial charge in [-0.1, -0.05) is 19.3 Å². The maximum absolute atomic E-state index is 4.53. The van der Waals surface area contributed by atoms with E-state index >= 15 is 0 Å². The standard InChI is InChI=1S/C25H37N5/c1-3-30-20(2)22(17-27-30)18-28-15-9-23(10-16-28)29-19-25(11-5-4-6-12-25)24(29)21-7-13-26-14-8-21/h7-8,13-14,17,23-24H,3-6,9-12,15-16,18-19H2,1-2H3. The minimum atomic E-state index is 0.530. The van der Waals surface area contributed by atoms with E-state index in [2.05, 4.69) is 56.7 Å². The zero-order valence-corrected chi connectivity index (χ0v) is 18.8. The molecule has 0 amide bonds. The average molecular weight is 408 g/mol. The number of pyridine rings is 1. The van der Waals surface area contributed by atoms with Crippen molar-refractivity contribution in [1.29, 1.82) is 0 Å². The Hall–Kier alpha value is -1.72. The van der Waals surface area contributed by atoms with Gasteiger partial charge in [0.25, 0.3) is 0 Å². The highest BCUT2D eigenvalue weighted by Gasteiger charge is 2.54. The molecule has 4 heterocycles. The lowest BCUT2D eigenvalue weighted by Crippen LogP contribution is -2.63. The molecule has 3 aliphatic rings. The zero-order valence-electron chi connectivity index (χ0n) is 18.8. The second kappa shape index (κ2) is 8.43. The number of likely N-dealkylation sites (tertiary alicyclic amines) is 2. The normalized spacial score (nSPS) is 25.5. The monoisotopic (exact) mass is 407 g/mol. The van der Waals surface area contributed by atoms with Crippen LogP contribution >= 0.6 is 0 Å². The first-order valence-electron chi connectivity index (χ1n) is 12.1. The number of nitrogens with zero attached hydrogens (tertiary/aromatic N) is 5. The van der Waals surface area contributed by atoms with E-state index in [1.807, 2.05) is 12.4 Å². The molecule has 2 saturated heterocycles. The van der Waals surface area contributed by atoms with E-state index < -0.39 is 0 Å². The Morgan fingerprint density at radius 3 is 2.47 bits per heavy atom. The first-order valence-corrected chi connectivity index (χ1v) is 12.1. The van der Waals surface area contributed by atoms with Gasteiger partial charge in [-0.2, -0.15) is 5.10 Å². The molecule has 30 heavy (non-hydrogen) atoms. The maximum Gasteiger partial charge on any atom is 0.0537 e. The number of rotatable bonds is 5. The Bertz CT molecular complexity index is 830. The number of piperidine rings is 1. The van der Waals surface area contributed by atoms with Crippen molar-refractivity contribution in [2.45, 2.75) is 84.0 Å². The summed E-state index contributed by atoms with van der Waals surface area (Å²) in [6.07, 6.45) is 15.7. The van der Waals surface area contributed by atoms with Gasteiger partial charge in [-0.15, -0.1) is 0 Å². The summed E-state index contributed by atoms with van der Waals surface area (Å²) in [6.45, 7) is 10.1. The van der Waals surface area contributed by atoms with Crippen LogP contribution < -0.4 is 0 Å². The first-order chi connectivity index (χ1) is 14.7. The SMILES string of the molecule is CCn1ncc(CN2CCC(N3CC4(CCCCC4)C3c3ccncc3)CC2)c1C. The summed E-state index contributed by atoms with van der Waals surface area (Å²) in [5.74, 6) is 0. The van der Waals surface area contributed by atoms with Crippen molar-refractivity contribution in [1.82, 2.24) is 24.6 Å². The van der Waals surface area contributed by atoms with Gasteiger partial charge in [-0.3, -0.25) is 19.5 Å². The van der Waals surface area contributed by atoms with Crippen LogP contribution in [0.15, 0.2) is 30.7 Å². The molecule has 162 valence electrons. The molecule has 0 aromatic carbocycles. The Kier molecular flexibility index (Phi) is 5.67. The fraction of sp³-hybridized carbons (Fsp3) is 0.680. The van der Waals surface area contributed by atoms with Gasteiger partial charge in [-0.25, -0.2) is 0 Å². The molecular formula is C25H37N5. The summed E-state index contributed by atoms with van der Waals surface area (Å²) >= 11 is 0. The van der Waals surface area contributed by atoms with Crippen LogP contribution in [0, 0.1) is 12.3 Å². The Balaban J connectivity index is 1.24. The largest absolute Gasteiger partial charge is 0.299 e. The molecule has 2 aliphatic heterocycles. The summed E-state index contributed by atoms with van der Waals surface area (Å²) in [5.41, 5.74) is 4.76.